The predicted molar refractivity (Wildman–Crippen MR) is 75.1 cm³/mol. The molecule has 0 amide bonds. The molecule has 0 saturated carbocycles. The number of nitrogens with one attached hydrogen (secondary N) is 1. The molecule has 0 spiro atoms. The van der Waals surface area contributed by atoms with Crippen molar-refractivity contribution in [3.05, 3.63) is 29.3 Å². The third-order valence-corrected chi connectivity index (χ3v) is 4.20. The minimum absolute atomic E-state index is 0.0723. The van der Waals surface area contributed by atoms with Crippen molar-refractivity contribution in [3.63, 3.8) is 0 Å². The summed E-state index contributed by atoms with van der Waals surface area (Å²) in [5.41, 5.74) is 4.77. The molecule has 0 aliphatic rings. The van der Waals surface area contributed by atoms with Gasteiger partial charge in [0, 0.05) is 19.7 Å². The van der Waals surface area contributed by atoms with Crippen LogP contribution in [0.2, 0.25) is 0 Å². The average molecular weight is 322 g/mol. The van der Waals surface area contributed by atoms with Crippen LogP contribution in [0.25, 0.3) is 0 Å². The summed E-state index contributed by atoms with van der Waals surface area (Å²) in [6.07, 6.45) is 0. The van der Waals surface area contributed by atoms with Crippen LogP contribution in [0, 0.1) is 11.6 Å². The number of hydrogen-bond acceptors (Lipinski definition) is 4. The highest BCUT2D eigenvalue weighted by atomic mass is 32.2. The zero-order valence-electron chi connectivity index (χ0n) is 12.2. The van der Waals surface area contributed by atoms with Crippen molar-refractivity contribution in [2.45, 2.75) is 37.8 Å². The van der Waals surface area contributed by atoms with Crippen molar-refractivity contribution in [1.29, 1.82) is 0 Å². The third kappa shape index (κ3) is 4.70. The number of rotatable bonds is 7. The van der Waals surface area contributed by atoms with Crippen LogP contribution in [-0.4, -0.2) is 27.2 Å². The van der Waals surface area contributed by atoms with E-state index in [1.807, 2.05) is 0 Å². The summed E-state index contributed by atoms with van der Waals surface area (Å²) in [4.78, 5) is -0.754. The molecule has 0 bridgehead atoms. The topological polar surface area (TPSA) is 81.4 Å². The predicted octanol–water partition coefficient (Wildman–Crippen LogP) is 1.52. The lowest BCUT2D eigenvalue weighted by Crippen LogP contribution is -2.40. The molecule has 0 saturated heterocycles. The molecule has 0 unspecified atom stereocenters. The molecule has 1 aromatic rings. The number of sulfonamides is 1. The Morgan fingerprint density at radius 3 is 2.48 bits per heavy atom. The van der Waals surface area contributed by atoms with E-state index >= 15 is 0 Å². The van der Waals surface area contributed by atoms with E-state index in [9.17, 15) is 17.2 Å². The molecule has 0 heterocycles. The molecule has 0 radical (unpaired) electrons. The number of hydrogen-bond donors (Lipinski definition) is 2. The highest BCUT2D eigenvalue weighted by Gasteiger charge is 2.26. The molecule has 0 aliphatic carbocycles. The molecular weight excluding hydrogens is 302 g/mol. The Hall–Kier alpha value is -1.09. The molecule has 5 nitrogen and oxygen atoms in total. The Bertz CT molecular complexity index is 604. The second-order valence-electron chi connectivity index (χ2n) is 5.11. The molecule has 8 heteroatoms. The Labute approximate surface area is 123 Å². The summed E-state index contributed by atoms with van der Waals surface area (Å²) >= 11 is 0. The van der Waals surface area contributed by atoms with Crippen LogP contribution in [0.1, 0.15) is 26.3 Å². The van der Waals surface area contributed by atoms with Crippen LogP contribution < -0.4 is 10.5 Å². The van der Waals surface area contributed by atoms with E-state index < -0.39 is 32.2 Å². The maximum atomic E-state index is 13.7. The fourth-order valence-corrected chi connectivity index (χ4v) is 3.05. The maximum Gasteiger partial charge on any atom is 0.243 e. The van der Waals surface area contributed by atoms with Gasteiger partial charge in [-0.2, -0.15) is 0 Å². The van der Waals surface area contributed by atoms with Gasteiger partial charge in [0.2, 0.25) is 10.0 Å². The molecule has 0 fully saturated rings. The minimum atomic E-state index is -4.20. The lowest BCUT2D eigenvalue weighted by molar-refractivity contribution is -0.00516. The minimum Gasteiger partial charge on any atom is -0.375 e. The summed E-state index contributed by atoms with van der Waals surface area (Å²) in [6, 6.07) is 1.90. The van der Waals surface area contributed by atoms with E-state index in [4.69, 9.17) is 10.5 Å². The molecule has 0 atom stereocenters. The van der Waals surface area contributed by atoms with Gasteiger partial charge < -0.3 is 10.5 Å². The number of benzene rings is 1. The highest BCUT2D eigenvalue weighted by Crippen LogP contribution is 2.20. The summed E-state index contributed by atoms with van der Waals surface area (Å²) < 4.78 is 58.9. The molecule has 3 N–H and O–H groups in total. The quantitative estimate of drug-likeness (QED) is 0.797. The standard InChI is InChI=1S/C13H20F2N2O3S/c1-4-20-13(2,3)8-17-21(18,19)11-6-9(7-16)5-10(14)12(11)15/h5-6,17H,4,7-8,16H2,1-3H3. The van der Waals surface area contributed by atoms with Gasteiger partial charge in [-0.25, -0.2) is 21.9 Å². The van der Waals surface area contributed by atoms with Crippen LogP contribution in [0.4, 0.5) is 8.78 Å². The number of nitrogens with two attached hydrogens (primary N) is 1. The van der Waals surface area contributed by atoms with E-state index in [0.29, 0.717) is 6.61 Å². The van der Waals surface area contributed by atoms with Crippen LogP contribution in [0.15, 0.2) is 17.0 Å². The fraction of sp³-hybridized carbons (Fsp3) is 0.538. The van der Waals surface area contributed by atoms with Gasteiger partial charge in [-0.3, -0.25) is 0 Å². The van der Waals surface area contributed by atoms with Gasteiger partial charge in [0.05, 0.1) is 5.60 Å². The Morgan fingerprint density at radius 2 is 1.95 bits per heavy atom. The van der Waals surface area contributed by atoms with Crippen molar-refractivity contribution in [1.82, 2.24) is 4.72 Å². The van der Waals surface area contributed by atoms with Crippen LogP contribution in [-0.2, 0) is 21.3 Å². The zero-order chi connectivity index (χ0) is 16.3. The Morgan fingerprint density at radius 1 is 1.33 bits per heavy atom. The third-order valence-electron chi connectivity index (χ3n) is 2.80. The van der Waals surface area contributed by atoms with Crippen molar-refractivity contribution in [3.8, 4) is 0 Å². The molecule has 120 valence electrons. The monoisotopic (exact) mass is 322 g/mol. The summed E-state index contributed by atoms with van der Waals surface area (Å²) in [5, 5.41) is 0. The van der Waals surface area contributed by atoms with Crippen molar-refractivity contribution in [2.24, 2.45) is 5.73 Å². The molecule has 0 aliphatic heterocycles. The van der Waals surface area contributed by atoms with Gasteiger partial charge in [0.25, 0.3) is 0 Å². The number of halogens is 2. The van der Waals surface area contributed by atoms with E-state index in [1.54, 1.807) is 20.8 Å². The normalized spacial score (nSPS) is 12.7. The van der Waals surface area contributed by atoms with Gasteiger partial charge in [0.15, 0.2) is 11.6 Å². The van der Waals surface area contributed by atoms with E-state index in [2.05, 4.69) is 4.72 Å². The van der Waals surface area contributed by atoms with Crippen molar-refractivity contribution < 1.29 is 21.9 Å². The maximum absolute atomic E-state index is 13.7. The molecule has 0 aromatic heterocycles. The Balaban J connectivity index is 3.06. The van der Waals surface area contributed by atoms with E-state index in [1.165, 1.54) is 0 Å². The second kappa shape index (κ2) is 6.78. The van der Waals surface area contributed by atoms with Crippen LogP contribution in [0.5, 0.6) is 0 Å². The largest absolute Gasteiger partial charge is 0.375 e. The van der Waals surface area contributed by atoms with Gasteiger partial charge in [-0.05, 0) is 38.5 Å². The smallest absolute Gasteiger partial charge is 0.243 e. The first-order valence-electron chi connectivity index (χ1n) is 6.44. The molecule has 1 rings (SSSR count). The molecular formula is C13H20F2N2O3S. The lowest BCUT2D eigenvalue weighted by atomic mass is 10.1. The SMILES string of the molecule is CCOC(C)(C)CNS(=O)(=O)c1cc(CN)cc(F)c1F. The molecule has 1 aromatic carbocycles. The lowest BCUT2D eigenvalue weighted by Gasteiger charge is -2.24. The van der Waals surface area contributed by atoms with Gasteiger partial charge >= 0.3 is 0 Å². The first-order valence-corrected chi connectivity index (χ1v) is 7.93. The van der Waals surface area contributed by atoms with Gasteiger partial charge in [0.1, 0.15) is 4.90 Å². The first kappa shape index (κ1) is 18.0. The summed E-state index contributed by atoms with van der Waals surface area (Å²) in [5.74, 6) is -2.67. The van der Waals surface area contributed by atoms with E-state index in [0.717, 1.165) is 12.1 Å². The zero-order valence-corrected chi connectivity index (χ0v) is 13.1. The average Bonchev–Trinajstić information content (AvgIpc) is 2.39. The van der Waals surface area contributed by atoms with Gasteiger partial charge in [-0.1, -0.05) is 0 Å². The van der Waals surface area contributed by atoms with Crippen LogP contribution in [0.3, 0.4) is 0 Å². The van der Waals surface area contributed by atoms with Gasteiger partial charge in [-0.15, -0.1) is 0 Å². The summed E-state index contributed by atoms with van der Waals surface area (Å²) in [6.45, 7) is 5.39. The number of ether oxygens (including phenoxy) is 1. The Kier molecular flexibility index (Phi) is 5.80. The highest BCUT2D eigenvalue weighted by molar-refractivity contribution is 7.89. The summed E-state index contributed by atoms with van der Waals surface area (Å²) in [7, 11) is -4.20. The van der Waals surface area contributed by atoms with Crippen molar-refractivity contribution >= 4 is 10.0 Å². The van der Waals surface area contributed by atoms with E-state index in [-0.39, 0.29) is 18.7 Å². The second-order valence-corrected chi connectivity index (χ2v) is 6.85. The van der Waals surface area contributed by atoms with Crippen LogP contribution >= 0.6 is 0 Å². The van der Waals surface area contributed by atoms with Crippen molar-refractivity contribution in [2.75, 3.05) is 13.2 Å². The first-order chi connectivity index (χ1) is 9.63. The fourth-order valence-electron chi connectivity index (χ4n) is 1.72. The molecule has 21 heavy (non-hydrogen) atoms.